The summed E-state index contributed by atoms with van der Waals surface area (Å²) in [5, 5.41) is 6.67. The summed E-state index contributed by atoms with van der Waals surface area (Å²) >= 11 is 8.56. The molecule has 0 radical (unpaired) electrons. The molecule has 0 aliphatic rings. The van der Waals surface area contributed by atoms with Crippen LogP contribution in [0.15, 0.2) is 127 Å². The van der Waals surface area contributed by atoms with Crippen LogP contribution in [0.4, 0.5) is 0 Å². The van der Waals surface area contributed by atoms with Crippen LogP contribution in [0.2, 0.25) is 5.02 Å². The van der Waals surface area contributed by atoms with Crippen molar-refractivity contribution in [3.05, 3.63) is 132 Å². The fourth-order valence-electron chi connectivity index (χ4n) is 5.68. The van der Waals surface area contributed by atoms with E-state index in [0.29, 0.717) is 10.8 Å². The SMILES string of the molecule is Clc1cc(-c2nc(-c3ccccc3)c3sc4ccccc4c3n2)cc(-c2cc3ccccc3c3ccccc23)c1. The van der Waals surface area contributed by atoms with Crippen molar-refractivity contribution in [1.82, 2.24) is 9.97 Å². The Morgan fingerprint density at radius 3 is 2.05 bits per heavy atom. The molecule has 0 aliphatic carbocycles. The molecule has 0 bridgehead atoms. The molecule has 2 aromatic heterocycles. The molecule has 0 fully saturated rings. The van der Waals surface area contributed by atoms with Crippen LogP contribution in [-0.2, 0) is 0 Å². The second kappa shape index (κ2) is 9.27. The second-order valence-corrected chi connectivity index (χ2v) is 11.4. The molecular formula is C36H21ClN2S. The third-order valence-electron chi connectivity index (χ3n) is 7.50. The van der Waals surface area contributed by atoms with Gasteiger partial charge >= 0.3 is 0 Å². The van der Waals surface area contributed by atoms with Crippen molar-refractivity contribution in [2.24, 2.45) is 0 Å². The van der Waals surface area contributed by atoms with Gasteiger partial charge in [-0.25, -0.2) is 9.97 Å². The first-order chi connectivity index (χ1) is 19.7. The molecule has 6 aromatic carbocycles. The van der Waals surface area contributed by atoms with Gasteiger partial charge in [0.15, 0.2) is 5.82 Å². The quantitative estimate of drug-likeness (QED) is 0.205. The maximum atomic E-state index is 6.81. The smallest absolute Gasteiger partial charge is 0.160 e. The molecule has 0 unspecified atom stereocenters. The number of aromatic nitrogens is 2. The van der Waals surface area contributed by atoms with Crippen LogP contribution in [0.1, 0.15) is 0 Å². The van der Waals surface area contributed by atoms with Crippen LogP contribution in [0.3, 0.4) is 0 Å². The highest BCUT2D eigenvalue weighted by Crippen LogP contribution is 2.41. The normalized spacial score (nSPS) is 11.6. The Kier molecular flexibility index (Phi) is 5.41. The Bertz CT molecular complexity index is 2230. The van der Waals surface area contributed by atoms with Crippen molar-refractivity contribution < 1.29 is 0 Å². The van der Waals surface area contributed by atoms with E-state index in [1.807, 2.05) is 18.2 Å². The number of hydrogen-bond acceptors (Lipinski definition) is 3. The third kappa shape index (κ3) is 3.78. The zero-order valence-corrected chi connectivity index (χ0v) is 22.9. The molecule has 0 aliphatic heterocycles. The Morgan fingerprint density at radius 2 is 1.20 bits per heavy atom. The van der Waals surface area contributed by atoms with E-state index in [4.69, 9.17) is 21.6 Å². The van der Waals surface area contributed by atoms with Crippen LogP contribution in [0.5, 0.6) is 0 Å². The molecule has 0 N–H and O–H groups in total. The van der Waals surface area contributed by atoms with Gasteiger partial charge in [0.2, 0.25) is 0 Å². The third-order valence-corrected chi connectivity index (χ3v) is 8.89. The average Bonchev–Trinajstić information content (AvgIpc) is 3.39. The first-order valence-electron chi connectivity index (χ1n) is 13.2. The van der Waals surface area contributed by atoms with E-state index in [1.165, 1.54) is 26.2 Å². The van der Waals surface area contributed by atoms with Crippen LogP contribution < -0.4 is 0 Å². The Balaban J connectivity index is 1.40. The summed E-state index contributed by atoms with van der Waals surface area (Å²) in [5.74, 6) is 0.670. The molecular weight excluding hydrogens is 528 g/mol. The maximum absolute atomic E-state index is 6.81. The Hall–Kier alpha value is -4.57. The van der Waals surface area contributed by atoms with Crippen molar-refractivity contribution >= 4 is 64.8 Å². The fourth-order valence-corrected chi connectivity index (χ4v) is 7.07. The fraction of sp³-hybridized carbons (Fsp3) is 0. The summed E-state index contributed by atoms with van der Waals surface area (Å²) < 4.78 is 2.30. The van der Waals surface area contributed by atoms with Gasteiger partial charge in [0.1, 0.15) is 0 Å². The van der Waals surface area contributed by atoms with E-state index in [0.717, 1.165) is 43.6 Å². The highest BCUT2D eigenvalue weighted by atomic mass is 35.5. The lowest BCUT2D eigenvalue weighted by molar-refractivity contribution is 1.24. The topological polar surface area (TPSA) is 25.8 Å². The number of halogens is 1. The van der Waals surface area contributed by atoms with Crippen LogP contribution in [-0.4, -0.2) is 9.97 Å². The van der Waals surface area contributed by atoms with E-state index < -0.39 is 0 Å². The number of nitrogens with zero attached hydrogens (tertiary/aromatic N) is 2. The number of fused-ring (bicyclic) bond motifs is 6. The monoisotopic (exact) mass is 548 g/mol. The molecule has 40 heavy (non-hydrogen) atoms. The molecule has 0 amide bonds. The van der Waals surface area contributed by atoms with Crippen LogP contribution in [0, 0.1) is 0 Å². The summed E-state index contributed by atoms with van der Waals surface area (Å²) in [6.45, 7) is 0. The molecule has 0 atom stereocenters. The van der Waals surface area contributed by atoms with Gasteiger partial charge in [0.05, 0.1) is 15.9 Å². The van der Waals surface area contributed by atoms with Gasteiger partial charge in [-0.2, -0.15) is 0 Å². The lowest BCUT2D eigenvalue weighted by Crippen LogP contribution is -1.94. The molecule has 8 rings (SSSR count). The standard InChI is InChI=1S/C36H21ClN2S/c37-26-19-24(31-21-23-12-4-5-13-27(23)28-14-6-7-15-29(28)31)18-25(20-26)36-38-33(22-10-2-1-3-11-22)35-34(39-36)30-16-8-9-17-32(30)40-35/h1-21H. The van der Waals surface area contributed by atoms with Gasteiger partial charge in [-0.05, 0) is 63.0 Å². The zero-order chi connectivity index (χ0) is 26.6. The largest absolute Gasteiger partial charge is 0.226 e. The van der Waals surface area contributed by atoms with Crippen molar-refractivity contribution in [3.8, 4) is 33.8 Å². The summed E-state index contributed by atoms with van der Waals surface area (Å²) in [5.41, 5.74) is 6.08. The van der Waals surface area contributed by atoms with Gasteiger partial charge in [-0.15, -0.1) is 11.3 Å². The molecule has 0 saturated carbocycles. The summed E-state index contributed by atoms with van der Waals surface area (Å²) in [7, 11) is 0. The first kappa shape index (κ1) is 23.3. The Morgan fingerprint density at radius 1 is 0.525 bits per heavy atom. The van der Waals surface area contributed by atoms with E-state index in [1.54, 1.807) is 11.3 Å². The van der Waals surface area contributed by atoms with Gasteiger partial charge in [0.25, 0.3) is 0 Å². The van der Waals surface area contributed by atoms with Crippen molar-refractivity contribution in [3.63, 3.8) is 0 Å². The minimum absolute atomic E-state index is 0.657. The highest BCUT2D eigenvalue weighted by molar-refractivity contribution is 7.26. The van der Waals surface area contributed by atoms with Crippen LogP contribution in [0.25, 0.3) is 75.6 Å². The summed E-state index contributed by atoms with van der Waals surface area (Å²) in [4.78, 5) is 10.3. The highest BCUT2D eigenvalue weighted by Gasteiger charge is 2.18. The van der Waals surface area contributed by atoms with E-state index in [2.05, 4.69) is 109 Å². The predicted molar refractivity (Wildman–Crippen MR) is 171 cm³/mol. The number of rotatable bonds is 3. The number of hydrogen-bond donors (Lipinski definition) is 0. The first-order valence-corrected chi connectivity index (χ1v) is 14.4. The predicted octanol–water partition coefficient (Wildman–Crippen LogP) is 10.8. The zero-order valence-electron chi connectivity index (χ0n) is 21.3. The second-order valence-electron chi connectivity index (χ2n) is 9.96. The van der Waals surface area contributed by atoms with Gasteiger partial charge in [-0.1, -0.05) is 109 Å². The van der Waals surface area contributed by atoms with Crippen LogP contribution >= 0.6 is 22.9 Å². The van der Waals surface area contributed by atoms with Crippen molar-refractivity contribution in [2.75, 3.05) is 0 Å². The van der Waals surface area contributed by atoms with Gasteiger partial charge in [0, 0.05) is 26.2 Å². The van der Waals surface area contributed by atoms with E-state index >= 15 is 0 Å². The van der Waals surface area contributed by atoms with Crippen molar-refractivity contribution in [2.45, 2.75) is 0 Å². The van der Waals surface area contributed by atoms with Gasteiger partial charge < -0.3 is 0 Å². The maximum Gasteiger partial charge on any atom is 0.160 e. The molecule has 0 saturated heterocycles. The minimum Gasteiger partial charge on any atom is -0.226 e. The summed E-state index contributed by atoms with van der Waals surface area (Å²) in [6, 6.07) is 44.4. The number of benzene rings is 6. The minimum atomic E-state index is 0.657. The van der Waals surface area contributed by atoms with E-state index in [9.17, 15) is 0 Å². The average molecular weight is 549 g/mol. The van der Waals surface area contributed by atoms with Gasteiger partial charge in [-0.3, -0.25) is 0 Å². The Labute approximate surface area is 240 Å². The molecule has 2 nitrogen and oxygen atoms in total. The lowest BCUT2D eigenvalue weighted by Gasteiger charge is -2.13. The molecule has 188 valence electrons. The lowest BCUT2D eigenvalue weighted by atomic mass is 9.92. The summed E-state index contributed by atoms with van der Waals surface area (Å²) in [6.07, 6.45) is 0. The number of thiophene rings is 1. The molecule has 4 heteroatoms. The molecule has 2 heterocycles. The molecule has 8 aromatic rings. The van der Waals surface area contributed by atoms with E-state index in [-0.39, 0.29) is 0 Å². The molecule has 0 spiro atoms. The van der Waals surface area contributed by atoms with Crippen molar-refractivity contribution in [1.29, 1.82) is 0 Å².